The molecule has 0 saturated carbocycles. The van der Waals surface area contributed by atoms with Gasteiger partial charge in [-0.05, 0) is 37.1 Å². The maximum absolute atomic E-state index is 11.9. The molecule has 1 aromatic rings. The quantitative estimate of drug-likeness (QED) is 0.832. The Morgan fingerprint density at radius 1 is 1.37 bits per heavy atom. The van der Waals surface area contributed by atoms with Gasteiger partial charge in [0.15, 0.2) is 0 Å². The van der Waals surface area contributed by atoms with Crippen molar-refractivity contribution >= 4 is 10.0 Å². The largest absolute Gasteiger partial charge is 0.313 e. The summed E-state index contributed by atoms with van der Waals surface area (Å²) in [6.07, 6.45) is 2.11. The van der Waals surface area contributed by atoms with Crippen molar-refractivity contribution in [1.82, 2.24) is 10.0 Å². The van der Waals surface area contributed by atoms with Gasteiger partial charge in [0.2, 0.25) is 10.0 Å². The van der Waals surface area contributed by atoms with E-state index in [1.165, 1.54) is 0 Å². The van der Waals surface area contributed by atoms with Gasteiger partial charge in [-0.1, -0.05) is 12.1 Å². The molecule has 1 heterocycles. The zero-order chi connectivity index (χ0) is 13.7. The third-order valence-corrected chi connectivity index (χ3v) is 4.47. The standard InChI is InChI=1S/C13H17N3O2S/c14-8-11-3-5-12(6-4-11)10-19(17,18)16-9-13-2-1-7-15-13/h3-6,13,15-16H,1-2,7,9-10H2. The SMILES string of the molecule is N#Cc1ccc(CS(=O)(=O)NCC2CCCN2)cc1. The molecule has 0 aromatic heterocycles. The molecule has 1 aliphatic rings. The minimum atomic E-state index is -3.31. The van der Waals surface area contributed by atoms with Crippen molar-refractivity contribution in [2.24, 2.45) is 0 Å². The molecular weight excluding hydrogens is 262 g/mol. The van der Waals surface area contributed by atoms with Crippen LogP contribution in [0.4, 0.5) is 0 Å². The number of nitrogens with one attached hydrogen (secondary N) is 2. The average Bonchev–Trinajstić information content (AvgIpc) is 2.90. The Balaban J connectivity index is 1.90. The van der Waals surface area contributed by atoms with E-state index in [1.54, 1.807) is 24.3 Å². The lowest BCUT2D eigenvalue weighted by Crippen LogP contribution is -2.37. The van der Waals surface area contributed by atoms with Crippen molar-refractivity contribution in [3.05, 3.63) is 35.4 Å². The molecular formula is C13H17N3O2S. The fraction of sp³-hybridized carbons (Fsp3) is 0.462. The molecule has 1 aromatic carbocycles. The van der Waals surface area contributed by atoms with E-state index in [1.807, 2.05) is 6.07 Å². The second kappa shape index (κ2) is 6.15. The Morgan fingerprint density at radius 3 is 2.68 bits per heavy atom. The van der Waals surface area contributed by atoms with E-state index in [9.17, 15) is 8.42 Å². The van der Waals surface area contributed by atoms with Gasteiger partial charge >= 0.3 is 0 Å². The maximum atomic E-state index is 11.9. The van der Waals surface area contributed by atoms with Crippen molar-refractivity contribution in [2.45, 2.75) is 24.6 Å². The number of hydrogen-bond donors (Lipinski definition) is 2. The second-order valence-electron chi connectivity index (χ2n) is 4.71. The first-order valence-electron chi connectivity index (χ1n) is 6.29. The topological polar surface area (TPSA) is 82.0 Å². The monoisotopic (exact) mass is 279 g/mol. The van der Waals surface area contributed by atoms with Crippen LogP contribution in [0.5, 0.6) is 0 Å². The maximum Gasteiger partial charge on any atom is 0.215 e. The number of nitriles is 1. The summed E-state index contributed by atoms with van der Waals surface area (Å²) in [5, 5.41) is 11.9. The highest BCUT2D eigenvalue weighted by Gasteiger charge is 2.17. The molecule has 1 aliphatic heterocycles. The van der Waals surface area contributed by atoms with Crippen LogP contribution in [-0.2, 0) is 15.8 Å². The molecule has 5 nitrogen and oxygen atoms in total. The molecule has 1 unspecified atom stereocenters. The van der Waals surface area contributed by atoms with Gasteiger partial charge in [-0.15, -0.1) is 0 Å². The van der Waals surface area contributed by atoms with Crippen LogP contribution in [-0.4, -0.2) is 27.5 Å². The summed E-state index contributed by atoms with van der Waals surface area (Å²) < 4.78 is 26.4. The number of rotatable bonds is 5. The summed E-state index contributed by atoms with van der Waals surface area (Å²) >= 11 is 0. The molecule has 0 radical (unpaired) electrons. The van der Waals surface area contributed by atoms with E-state index >= 15 is 0 Å². The number of benzene rings is 1. The highest BCUT2D eigenvalue weighted by molar-refractivity contribution is 7.88. The number of sulfonamides is 1. The Bertz CT molecular complexity index is 555. The molecule has 19 heavy (non-hydrogen) atoms. The van der Waals surface area contributed by atoms with Gasteiger partial charge in [-0.25, -0.2) is 13.1 Å². The van der Waals surface area contributed by atoms with Crippen LogP contribution in [0.15, 0.2) is 24.3 Å². The highest BCUT2D eigenvalue weighted by Crippen LogP contribution is 2.08. The minimum absolute atomic E-state index is 0.0502. The van der Waals surface area contributed by atoms with E-state index in [4.69, 9.17) is 5.26 Å². The van der Waals surface area contributed by atoms with E-state index in [0.29, 0.717) is 17.7 Å². The van der Waals surface area contributed by atoms with Crippen molar-refractivity contribution in [3.63, 3.8) is 0 Å². The third-order valence-electron chi connectivity index (χ3n) is 3.15. The molecule has 1 fully saturated rings. The minimum Gasteiger partial charge on any atom is -0.313 e. The van der Waals surface area contributed by atoms with Crippen LogP contribution in [0.2, 0.25) is 0 Å². The molecule has 2 rings (SSSR count). The zero-order valence-corrected chi connectivity index (χ0v) is 11.4. The van der Waals surface area contributed by atoms with Gasteiger partial charge in [0.25, 0.3) is 0 Å². The van der Waals surface area contributed by atoms with Crippen LogP contribution in [0, 0.1) is 11.3 Å². The van der Waals surface area contributed by atoms with Crippen LogP contribution >= 0.6 is 0 Å². The van der Waals surface area contributed by atoms with E-state index in [2.05, 4.69) is 10.0 Å². The molecule has 0 spiro atoms. The lowest BCUT2D eigenvalue weighted by Gasteiger charge is -2.12. The first kappa shape index (κ1) is 14.0. The van der Waals surface area contributed by atoms with E-state index < -0.39 is 10.0 Å². The summed E-state index contributed by atoms with van der Waals surface area (Å²) in [6, 6.07) is 8.85. The second-order valence-corrected chi connectivity index (χ2v) is 6.52. The van der Waals surface area contributed by atoms with Crippen LogP contribution in [0.3, 0.4) is 0 Å². The van der Waals surface area contributed by atoms with Gasteiger partial charge in [-0.3, -0.25) is 0 Å². The van der Waals surface area contributed by atoms with E-state index in [0.717, 1.165) is 19.4 Å². The smallest absolute Gasteiger partial charge is 0.215 e. The molecule has 102 valence electrons. The van der Waals surface area contributed by atoms with Crippen molar-refractivity contribution in [2.75, 3.05) is 13.1 Å². The first-order valence-corrected chi connectivity index (χ1v) is 7.94. The van der Waals surface area contributed by atoms with Gasteiger partial charge < -0.3 is 5.32 Å². The summed E-state index contributed by atoms with van der Waals surface area (Å²) in [5.41, 5.74) is 1.22. The van der Waals surface area contributed by atoms with Crippen molar-refractivity contribution in [3.8, 4) is 6.07 Å². The summed E-state index contributed by atoms with van der Waals surface area (Å²) in [5.74, 6) is -0.0502. The fourth-order valence-electron chi connectivity index (χ4n) is 2.10. The Labute approximate surface area is 113 Å². The summed E-state index contributed by atoms with van der Waals surface area (Å²) in [6.45, 7) is 1.40. The van der Waals surface area contributed by atoms with Gasteiger partial charge in [0.1, 0.15) is 0 Å². The van der Waals surface area contributed by atoms with Crippen molar-refractivity contribution in [1.29, 1.82) is 5.26 Å². The van der Waals surface area contributed by atoms with Crippen molar-refractivity contribution < 1.29 is 8.42 Å². The van der Waals surface area contributed by atoms with Crippen LogP contribution in [0.1, 0.15) is 24.0 Å². The highest BCUT2D eigenvalue weighted by atomic mass is 32.2. The predicted octanol–water partition coefficient (Wildman–Crippen LogP) is 0.730. The third kappa shape index (κ3) is 4.31. The van der Waals surface area contributed by atoms with Gasteiger partial charge in [0, 0.05) is 12.6 Å². The zero-order valence-electron chi connectivity index (χ0n) is 10.6. The van der Waals surface area contributed by atoms with Crippen LogP contribution in [0.25, 0.3) is 0 Å². The molecule has 0 bridgehead atoms. The first-order chi connectivity index (χ1) is 9.09. The van der Waals surface area contributed by atoms with E-state index in [-0.39, 0.29) is 11.8 Å². The lowest BCUT2D eigenvalue weighted by molar-refractivity contribution is 0.551. The molecule has 2 N–H and O–H groups in total. The van der Waals surface area contributed by atoms with Crippen LogP contribution < -0.4 is 10.0 Å². The predicted molar refractivity (Wildman–Crippen MR) is 72.8 cm³/mol. The molecule has 0 aliphatic carbocycles. The Hall–Kier alpha value is -1.42. The Kier molecular flexibility index (Phi) is 4.53. The average molecular weight is 279 g/mol. The summed E-state index contributed by atoms with van der Waals surface area (Å²) in [4.78, 5) is 0. The van der Waals surface area contributed by atoms with Gasteiger partial charge in [-0.2, -0.15) is 5.26 Å². The molecule has 1 saturated heterocycles. The Morgan fingerprint density at radius 2 is 2.11 bits per heavy atom. The molecule has 6 heteroatoms. The fourth-order valence-corrected chi connectivity index (χ4v) is 3.29. The number of hydrogen-bond acceptors (Lipinski definition) is 4. The molecule has 0 amide bonds. The molecule has 1 atom stereocenters. The summed E-state index contributed by atoms with van der Waals surface area (Å²) in [7, 11) is -3.31. The van der Waals surface area contributed by atoms with Gasteiger partial charge in [0.05, 0.1) is 17.4 Å². The number of nitrogens with zero attached hydrogens (tertiary/aromatic N) is 1. The lowest BCUT2D eigenvalue weighted by atomic mass is 10.2. The normalized spacial score (nSPS) is 19.2.